The normalized spacial score (nSPS) is 11.7. The third-order valence-corrected chi connectivity index (χ3v) is 3.13. The van der Waals surface area contributed by atoms with Gasteiger partial charge >= 0.3 is 0 Å². The molecule has 0 heterocycles. The highest BCUT2D eigenvalue weighted by Gasteiger charge is 2.10. The molecule has 2 nitrogen and oxygen atoms in total. The number of carbonyl (C=O) groups is 1. The third kappa shape index (κ3) is 3.64. The molecule has 0 aliphatic heterocycles. The number of benzene rings is 2. The lowest BCUT2D eigenvalue weighted by Crippen LogP contribution is -2.12. The van der Waals surface area contributed by atoms with Crippen molar-refractivity contribution in [1.29, 1.82) is 0 Å². The zero-order valence-corrected chi connectivity index (χ0v) is 11.7. The minimum atomic E-state index is -0.268. The molecule has 0 amide bonds. The van der Waals surface area contributed by atoms with Gasteiger partial charge in [0.05, 0.1) is 5.71 Å². The van der Waals surface area contributed by atoms with E-state index in [9.17, 15) is 4.79 Å². The molecule has 1 unspecified atom stereocenters. The van der Waals surface area contributed by atoms with Crippen LogP contribution in [0.1, 0.15) is 30.9 Å². The second-order valence-corrected chi connectivity index (χ2v) is 4.70. The number of rotatable bonds is 6. The van der Waals surface area contributed by atoms with E-state index in [4.69, 9.17) is 0 Å². The van der Waals surface area contributed by atoms with Crippen LogP contribution in [-0.4, -0.2) is 18.0 Å². The molecular formula is C18H19NO. The molecular weight excluding hydrogens is 246 g/mol. The lowest BCUT2D eigenvalue weighted by Gasteiger charge is -2.10. The smallest absolute Gasteiger partial charge is 0.144 e. The predicted molar refractivity (Wildman–Crippen MR) is 83.3 cm³/mol. The lowest BCUT2D eigenvalue weighted by atomic mass is 10.0. The maximum atomic E-state index is 11.2. The molecule has 0 N–H and O–H groups in total. The molecule has 2 rings (SSSR count). The van der Waals surface area contributed by atoms with E-state index in [-0.39, 0.29) is 6.04 Å². The summed E-state index contributed by atoms with van der Waals surface area (Å²) in [6.45, 7) is 2.07. The Kier molecular flexibility index (Phi) is 5.24. The zero-order chi connectivity index (χ0) is 14.2. The summed E-state index contributed by atoms with van der Waals surface area (Å²) in [6, 6.07) is 19.8. The number of nitrogens with zero attached hydrogens (tertiary/aromatic N) is 1. The minimum absolute atomic E-state index is 0.268. The molecule has 0 saturated carbocycles. The van der Waals surface area contributed by atoms with Gasteiger partial charge in [-0.2, -0.15) is 0 Å². The number of aliphatic imine (C=N–C) groups is 1. The Labute approximate surface area is 120 Å². The summed E-state index contributed by atoms with van der Waals surface area (Å²) in [5, 5.41) is 0. The van der Waals surface area contributed by atoms with E-state index < -0.39 is 0 Å². The van der Waals surface area contributed by atoms with Gasteiger partial charge in [0.1, 0.15) is 12.3 Å². The first-order chi connectivity index (χ1) is 9.85. The summed E-state index contributed by atoms with van der Waals surface area (Å²) >= 11 is 0. The molecule has 0 spiro atoms. The first kappa shape index (κ1) is 14.2. The SMILES string of the molecule is CCCC(C=O)N=C(c1ccccc1)c1ccccc1. The molecule has 102 valence electrons. The van der Waals surface area contributed by atoms with Crippen LogP contribution in [0.2, 0.25) is 0 Å². The van der Waals surface area contributed by atoms with Gasteiger partial charge in [-0.3, -0.25) is 4.99 Å². The highest BCUT2D eigenvalue weighted by molar-refractivity contribution is 6.13. The fourth-order valence-electron chi connectivity index (χ4n) is 2.13. The van der Waals surface area contributed by atoms with E-state index >= 15 is 0 Å². The maximum absolute atomic E-state index is 11.2. The van der Waals surface area contributed by atoms with Crippen molar-refractivity contribution in [2.24, 2.45) is 4.99 Å². The summed E-state index contributed by atoms with van der Waals surface area (Å²) in [5.74, 6) is 0. The summed E-state index contributed by atoms with van der Waals surface area (Å²) in [6.07, 6.45) is 2.67. The Hall–Kier alpha value is -2.22. The quantitative estimate of drug-likeness (QED) is 0.575. The number of carbonyl (C=O) groups excluding carboxylic acids is 1. The van der Waals surface area contributed by atoms with Gasteiger partial charge in [-0.25, -0.2) is 0 Å². The molecule has 2 aromatic carbocycles. The van der Waals surface area contributed by atoms with E-state index in [1.807, 2.05) is 60.7 Å². The largest absolute Gasteiger partial charge is 0.301 e. The monoisotopic (exact) mass is 265 g/mol. The van der Waals surface area contributed by atoms with Gasteiger partial charge in [0.25, 0.3) is 0 Å². The van der Waals surface area contributed by atoms with Crippen LogP contribution < -0.4 is 0 Å². The van der Waals surface area contributed by atoms with Crippen LogP contribution in [0.15, 0.2) is 65.7 Å². The molecule has 0 aliphatic carbocycles. The van der Waals surface area contributed by atoms with Crippen molar-refractivity contribution < 1.29 is 4.79 Å². The predicted octanol–water partition coefficient (Wildman–Crippen LogP) is 3.89. The molecule has 0 radical (unpaired) electrons. The molecule has 0 saturated heterocycles. The van der Waals surface area contributed by atoms with Crippen LogP contribution in [-0.2, 0) is 4.79 Å². The highest BCUT2D eigenvalue weighted by atomic mass is 16.1. The van der Waals surface area contributed by atoms with Crippen LogP contribution in [0.3, 0.4) is 0 Å². The zero-order valence-electron chi connectivity index (χ0n) is 11.7. The van der Waals surface area contributed by atoms with Crippen LogP contribution in [0.5, 0.6) is 0 Å². The fourth-order valence-corrected chi connectivity index (χ4v) is 2.13. The van der Waals surface area contributed by atoms with Gasteiger partial charge < -0.3 is 4.79 Å². The van der Waals surface area contributed by atoms with Crippen molar-refractivity contribution in [3.63, 3.8) is 0 Å². The van der Waals surface area contributed by atoms with E-state index in [1.54, 1.807) is 0 Å². The average Bonchev–Trinajstić information content (AvgIpc) is 2.53. The van der Waals surface area contributed by atoms with E-state index in [0.29, 0.717) is 0 Å². The Balaban J connectivity index is 2.44. The molecule has 1 atom stereocenters. The summed E-state index contributed by atoms with van der Waals surface area (Å²) in [4.78, 5) is 15.9. The molecule has 2 heteroatoms. The fraction of sp³-hybridized carbons (Fsp3) is 0.222. The molecule has 0 aliphatic rings. The molecule has 0 aromatic heterocycles. The second-order valence-electron chi connectivity index (χ2n) is 4.70. The van der Waals surface area contributed by atoms with Gasteiger partial charge in [-0.15, -0.1) is 0 Å². The lowest BCUT2D eigenvalue weighted by molar-refractivity contribution is -0.108. The van der Waals surface area contributed by atoms with Crippen molar-refractivity contribution in [2.75, 3.05) is 0 Å². The molecule has 20 heavy (non-hydrogen) atoms. The second kappa shape index (κ2) is 7.39. The van der Waals surface area contributed by atoms with Crippen molar-refractivity contribution in [1.82, 2.24) is 0 Å². The first-order valence-corrected chi connectivity index (χ1v) is 6.99. The molecule has 2 aromatic rings. The average molecular weight is 265 g/mol. The first-order valence-electron chi connectivity index (χ1n) is 6.99. The standard InChI is InChI=1S/C18H19NO/c1-2-9-17(14-20)19-18(15-10-5-3-6-11-15)16-12-7-4-8-13-16/h3-8,10-14,17H,2,9H2,1H3. The van der Waals surface area contributed by atoms with E-state index in [2.05, 4.69) is 11.9 Å². The highest BCUT2D eigenvalue weighted by Crippen LogP contribution is 2.13. The van der Waals surface area contributed by atoms with Crippen LogP contribution in [0, 0.1) is 0 Å². The molecule has 0 fully saturated rings. The van der Waals surface area contributed by atoms with Gasteiger partial charge in [0.15, 0.2) is 0 Å². The van der Waals surface area contributed by atoms with Crippen molar-refractivity contribution >= 4 is 12.0 Å². The van der Waals surface area contributed by atoms with Crippen molar-refractivity contribution in [3.8, 4) is 0 Å². The van der Waals surface area contributed by atoms with Crippen LogP contribution >= 0.6 is 0 Å². The number of hydrogen-bond acceptors (Lipinski definition) is 2. The van der Waals surface area contributed by atoms with Gasteiger partial charge in [-0.1, -0.05) is 74.0 Å². The van der Waals surface area contributed by atoms with Crippen LogP contribution in [0.4, 0.5) is 0 Å². The summed E-state index contributed by atoms with van der Waals surface area (Å²) < 4.78 is 0. The van der Waals surface area contributed by atoms with Gasteiger partial charge in [-0.05, 0) is 6.42 Å². The molecule has 0 bridgehead atoms. The summed E-state index contributed by atoms with van der Waals surface area (Å²) in [7, 11) is 0. The Bertz CT molecular complexity index is 519. The van der Waals surface area contributed by atoms with Crippen LogP contribution in [0.25, 0.3) is 0 Å². The number of aldehydes is 1. The number of hydrogen-bond donors (Lipinski definition) is 0. The Morgan fingerprint density at radius 3 is 1.90 bits per heavy atom. The Morgan fingerprint density at radius 2 is 1.50 bits per heavy atom. The van der Waals surface area contributed by atoms with Crippen molar-refractivity contribution in [2.45, 2.75) is 25.8 Å². The van der Waals surface area contributed by atoms with Crippen molar-refractivity contribution in [3.05, 3.63) is 71.8 Å². The maximum Gasteiger partial charge on any atom is 0.144 e. The minimum Gasteiger partial charge on any atom is -0.301 e. The van der Waals surface area contributed by atoms with Gasteiger partial charge in [0.2, 0.25) is 0 Å². The van der Waals surface area contributed by atoms with Gasteiger partial charge in [0, 0.05) is 11.1 Å². The topological polar surface area (TPSA) is 29.4 Å². The third-order valence-electron chi connectivity index (χ3n) is 3.13. The Morgan fingerprint density at radius 1 is 1.00 bits per heavy atom. The summed E-state index contributed by atoms with van der Waals surface area (Å²) in [5.41, 5.74) is 2.97. The van der Waals surface area contributed by atoms with E-state index in [0.717, 1.165) is 36.0 Å². The van der Waals surface area contributed by atoms with E-state index in [1.165, 1.54) is 0 Å².